The van der Waals surface area contributed by atoms with Gasteiger partial charge in [0.15, 0.2) is 0 Å². The fourth-order valence-electron chi connectivity index (χ4n) is 5.67. The third-order valence-electron chi connectivity index (χ3n) is 9.03. The van der Waals surface area contributed by atoms with Crippen LogP contribution in [0.1, 0.15) is 73.5 Å². The highest BCUT2D eigenvalue weighted by Crippen LogP contribution is 2.48. The second kappa shape index (κ2) is 11.2. The first kappa shape index (κ1) is 31.8. The molecule has 1 aliphatic carbocycles. The van der Waals surface area contributed by atoms with Crippen LogP contribution in [0, 0.1) is 17.1 Å². The molecule has 10 nitrogen and oxygen atoms in total. The molecule has 1 aliphatic heterocycles. The predicted molar refractivity (Wildman–Crippen MR) is 172 cm³/mol. The normalized spacial score (nSPS) is 17.2. The van der Waals surface area contributed by atoms with Gasteiger partial charge >= 0.3 is 17.4 Å². The van der Waals surface area contributed by atoms with Crippen LogP contribution < -0.4 is 15.1 Å². The van der Waals surface area contributed by atoms with Crippen LogP contribution in [0.4, 0.5) is 10.1 Å². The minimum Gasteiger partial charge on any atom is -0.455 e. The van der Waals surface area contributed by atoms with Crippen molar-refractivity contribution in [2.75, 3.05) is 11.4 Å². The Morgan fingerprint density at radius 1 is 1.09 bits per heavy atom. The Hall–Kier alpha value is -4.22. The monoisotopic (exact) mass is 645 g/mol. The van der Waals surface area contributed by atoms with E-state index in [9.17, 15) is 27.4 Å². The van der Waals surface area contributed by atoms with Crippen molar-refractivity contribution in [3.8, 4) is 17.4 Å². The number of hydrogen-bond donors (Lipinski definition) is 2. The van der Waals surface area contributed by atoms with E-state index in [1.807, 2.05) is 27.7 Å². The average Bonchev–Trinajstić information content (AvgIpc) is 3.73. The Balaban J connectivity index is 1.44. The molecule has 2 heterocycles. The maximum absolute atomic E-state index is 13.7. The van der Waals surface area contributed by atoms with Crippen molar-refractivity contribution in [3.63, 3.8) is 0 Å². The molecule has 2 aliphatic rings. The number of carbonyl (C=O) groups is 1. The Morgan fingerprint density at radius 3 is 2.30 bits per heavy atom. The molecule has 0 bridgehead atoms. The van der Waals surface area contributed by atoms with Gasteiger partial charge in [-0.3, -0.25) is 9.35 Å². The van der Waals surface area contributed by atoms with Crippen LogP contribution in [0.3, 0.4) is 0 Å². The van der Waals surface area contributed by atoms with Crippen LogP contribution in [0.15, 0.2) is 59.0 Å². The maximum Gasteiger partial charge on any atom is 0.496 e. The predicted octanol–water partition coefficient (Wildman–Crippen LogP) is 5.46. The molecule has 1 saturated heterocycles. The van der Waals surface area contributed by atoms with Crippen molar-refractivity contribution in [1.29, 1.82) is 5.26 Å². The summed E-state index contributed by atoms with van der Waals surface area (Å²) >= 11 is 0. The lowest BCUT2D eigenvalue weighted by molar-refractivity contribution is 0.00578. The summed E-state index contributed by atoms with van der Waals surface area (Å²) in [5.74, 6) is -0.688. The number of nitrogens with zero attached hydrogens (tertiary/aromatic N) is 2. The van der Waals surface area contributed by atoms with Crippen molar-refractivity contribution < 1.29 is 35.9 Å². The van der Waals surface area contributed by atoms with Crippen molar-refractivity contribution in [1.82, 2.24) is 5.32 Å². The molecule has 1 aromatic heterocycles. The molecule has 1 saturated carbocycles. The van der Waals surface area contributed by atoms with Gasteiger partial charge in [-0.1, -0.05) is 12.1 Å². The highest BCUT2D eigenvalue weighted by atomic mass is 32.2. The molecule has 6 rings (SSSR count). The maximum atomic E-state index is 13.7. The third kappa shape index (κ3) is 5.66. The number of hydrogen-bond acceptors (Lipinski definition) is 7. The van der Waals surface area contributed by atoms with Crippen LogP contribution in [0.25, 0.3) is 22.3 Å². The minimum atomic E-state index is -4.83. The molecule has 46 heavy (non-hydrogen) atoms. The van der Waals surface area contributed by atoms with Gasteiger partial charge in [0.25, 0.3) is 5.91 Å². The standard InChI is InChI=1S/C33H33BFN3O7S/c1-32(2)33(3,4)45-34(44-32)26-13-6-19(14-22(26)17-36)18-38(46(40,41)42)27-16-28-25(15-24(27)20-7-8-20)29(31(39)37-5)30(43-28)21-9-11-23(35)12-10-21/h6,9-16,20H,7-8,18H2,1-5H3,(H,37,39)(H,40,41,42). The second-order valence-electron chi connectivity index (χ2n) is 12.7. The molecule has 1 amide bonds. The van der Waals surface area contributed by atoms with E-state index >= 15 is 0 Å². The number of fused-ring (bicyclic) bond motifs is 1. The summed E-state index contributed by atoms with van der Waals surface area (Å²) in [4.78, 5) is 13.1. The first-order chi connectivity index (χ1) is 21.6. The van der Waals surface area contributed by atoms with E-state index in [2.05, 4.69) is 11.4 Å². The van der Waals surface area contributed by atoms with E-state index in [4.69, 9.17) is 13.7 Å². The van der Waals surface area contributed by atoms with Crippen molar-refractivity contribution >= 4 is 45.4 Å². The SMILES string of the molecule is CNC(=O)c1c(-c2ccc(F)cc2)oc2cc(N(Cc3ccc(B4OC(C)(C)C(C)(C)O4)c(C#N)c3)S(=O)(=O)O)c(C3CC3)cc12. The van der Waals surface area contributed by atoms with Gasteiger partial charge in [-0.25, -0.2) is 8.70 Å². The van der Waals surface area contributed by atoms with Crippen molar-refractivity contribution in [3.05, 3.63) is 82.7 Å². The Labute approximate surface area is 267 Å². The molecule has 0 radical (unpaired) electrons. The van der Waals surface area contributed by atoms with Crippen LogP contribution in [0.2, 0.25) is 0 Å². The molecule has 0 atom stereocenters. The highest BCUT2D eigenvalue weighted by molar-refractivity contribution is 7.87. The van der Waals surface area contributed by atoms with E-state index in [0.717, 1.165) is 17.1 Å². The molecule has 13 heteroatoms. The number of furan rings is 1. The summed E-state index contributed by atoms with van der Waals surface area (Å²) in [7, 11) is -4.14. The van der Waals surface area contributed by atoms with E-state index in [0.29, 0.717) is 27.5 Å². The number of carbonyl (C=O) groups excluding carboxylic acids is 1. The van der Waals surface area contributed by atoms with Gasteiger partial charge in [0.05, 0.1) is 40.6 Å². The molecule has 3 aromatic carbocycles. The first-order valence-corrected chi connectivity index (χ1v) is 16.3. The largest absolute Gasteiger partial charge is 0.496 e. The second-order valence-corrected chi connectivity index (χ2v) is 14.0. The van der Waals surface area contributed by atoms with E-state index in [1.54, 1.807) is 24.3 Å². The van der Waals surface area contributed by atoms with E-state index in [1.165, 1.54) is 37.4 Å². The molecule has 2 N–H and O–H groups in total. The van der Waals surface area contributed by atoms with Gasteiger partial charge in [-0.05, 0) is 94.0 Å². The summed E-state index contributed by atoms with van der Waals surface area (Å²) < 4.78 is 69.4. The number of nitrogens with one attached hydrogen (secondary N) is 1. The van der Waals surface area contributed by atoms with E-state index in [-0.39, 0.29) is 40.6 Å². The summed E-state index contributed by atoms with van der Waals surface area (Å²) in [6, 6.07) is 15.8. The molecular formula is C33H33BFN3O7S. The number of halogens is 1. The minimum absolute atomic E-state index is 0.00854. The summed E-state index contributed by atoms with van der Waals surface area (Å²) in [5.41, 5.74) is 1.66. The topological polar surface area (TPSA) is 142 Å². The molecular weight excluding hydrogens is 612 g/mol. The van der Waals surface area contributed by atoms with Gasteiger partial charge < -0.3 is 19.0 Å². The first-order valence-electron chi connectivity index (χ1n) is 14.9. The number of rotatable bonds is 8. The summed E-state index contributed by atoms with van der Waals surface area (Å²) in [5, 5.41) is 13.1. The smallest absolute Gasteiger partial charge is 0.455 e. The average molecular weight is 646 g/mol. The van der Waals surface area contributed by atoms with Gasteiger partial charge in [0.2, 0.25) is 0 Å². The fourth-order valence-corrected chi connectivity index (χ4v) is 6.39. The molecule has 2 fully saturated rings. The lowest BCUT2D eigenvalue weighted by Gasteiger charge is -2.32. The lowest BCUT2D eigenvalue weighted by atomic mass is 9.75. The Kier molecular flexibility index (Phi) is 7.76. The zero-order valence-corrected chi connectivity index (χ0v) is 26.9. The Morgan fingerprint density at radius 2 is 1.74 bits per heavy atom. The van der Waals surface area contributed by atoms with Crippen LogP contribution in [-0.2, 0) is 26.2 Å². The molecule has 0 unspecified atom stereocenters. The van der Waals surface area contributed by atoms with Crippen LogP contribution in [-0.4, -0.2) is 44.2 Å². The van der Waals surface area contributed by atoms with E-state index < -0.39 is 40.3 Å². The zero-order valence-electron chi connectivity index (χ0n) is 26.0. The van der Waals surface area contributed by atoms with Gasteiger partial charge in [-0.2, -0.15) is 13.7 Å². The third-order valence-corrected chi connectivity index (χ3v) is 9.92. The van der Waals surface area contributed by atoms with Crippen molar-refractivity contribution in [2.24, 2.45) is 0 Å². The van der Waals surface area contributed by atoms with Crippen LogP contribution >= 0.6 is 0 Å². The van der Waals surface area contributed by atoms with Gasteiger partial charge in [-0.15, -0.1) is 0 Å². The highest BCUT2D eigenvalue weighted by Gasteiger charge is 2.52. The number of benzene rings is 3. The number of nitriles is 1. The number of amides is 1. The molecule has 238 valence electrons. The van der Waals surface area contributed by atoms with Gasteiger partial charge in [0, 0.05) is 29.5 Å². The zero-order chi connectivity index (χ0) is 33.2. The number of anilines is 1. The lowest BCUT2D eigenvalue weighted by Crippen LogP contribution is -2.41. The van der Waals surface area contributed by atoms with Gasteiger partial charge in [0.1, 0.15) is 17.2 Å². The Bertz CT molecular complexity index is 2000. The summed E-state index contributed by atoms with van der Waals surface area (Å²) in [6.45, 7) is 7.34. The molecule has 0 spiro atoms. The summed E-state index contributed by atoms with van der Waals surface area (Å²) in [6.07, 6.45) is 1.58. The van der Waals surface area contributed by atoms with Crippen LogP contribution in [0.5, 0.6) is 0 Å². The molecule has 4 aromatic rings. The quantitative estimate of drug-likeness (QED) is 0.190. The fraction of sp³-hybridized carbons (Fsp3) is 0.333. The van der Waals surface area contributed by atoms with Crippen molar-refractivity contribution in [2.45, 2.75) is 64.2 Å².